The van der Waals surface area contributed by atoms with Crippen LogP contribution < -0.4 is 10.2 Å². The summed E-state index contributed by atoms with van der Waals surface area (Å²) in [5.74, 6) is 2.37. The van der Waals surface area contributed by atoms with E-state index in [1.807, 2.05) is 17.8 Å². The van der Waals surface area contributed by atoms with Crippen molar-refractivity contribution in [2.24, 2.45) is 0 Å². The predicted molar refractivity (Wildman–Crippen MR) is 88.9 cm³/mol. The summed E-state index contributed by atoms with van der Waals surface area (Å²) in [6.45, 7) is 4.38. The molecular weight excluding hydrogens is 282 g/mol. The minimum Gasteiger partial charge on any atom is -0.383 e. The van der Waals surface area contributed by atoms with Gasteiger partial charge in [0.05, 0.1) is 17.9 Å². The molecule has 21 heavy (non-hydrogen) atoms. The standard InChI is InChI=1S/C16H23N3OS/c1-20-8-5-18-13-14-3-4-16(15(11-14)12-17)19-6-2-9-21-10-7-19/h3-4,11,18H,2,5-10,13H2,1H3. The molecule has 4 nitrogen and oxygen atoms in total. The van der Waals surface area contributed by atoms with Crippen molar-refractivity contribution < 1.29 is 4.74 Å². The van der Waals surface area contributed by atoms with Crippen molar-refractivity contribution in [2.75, 3.05) is 49.8 Å². The molecule has 1 aromatic carbocycles. The van der Waals surface area contributed by atoms with Crippen LogP contribution in [0.15, 0.2) is 18.2 Å². The molecule has 0 saturated carbocycles. The second-order valence-electron chi connectivity index (χ2n) is 5.09. The van der Waals surface area contributed by atoms with E-state index in [0.29, 0.717) is 6.61 Å². The number of hydrogen-bond donors (Lipinski definition) is 1. The molecule has 1 aromatic rings. The van der Waals surface area contributed by atoms with Crippen LogP contribution in [-0.2, 0) is 11.3 Å². The van der Waals surface area contributed by atoms with Gasteiger partial charge in [0, 0.05) is 39.0 Å². The molecule has 2 rings (SSSR count). The van der Waals surface area contributed by atoms with E-state index in [1.54, 1.807) is 7.11 Å². The molecule has 0 aromatic heterocycles. The fourth-order valence-electron chi connectivity index (χ4n) is 2.45. The van der Waals surface area contributed by atoms with Crippen molar-refractivity contribution in [1.82, 2.24) is 5.32 Å². The van der Waals surface area contributed by atoms with Gasteiger partial charge in [-0.25, -0.2) is 0 Å². The van der Waals surface area contributed by atoms with Gasteiger partial charge in [-0.05, 0) is 29.9 Å². The molecule has 5 heteroatoms. The lowest BCUT2D eigenvalue weighted by Gasteiger charge is -2.23. The average molecular weight is 305 g/mol. The number of benzene rings is 1. The Hall–Kier alpha value is -1.22. The van der Waals surface area contributed by atoms with Crippen LogP contribution in [-0.4, -0.2) is 44.9 Å². The van der Waals surface area contributed by atoms with Crippen molar-refractivity contribution in [1.29, 1.82) is 5.26 Å². The van der Waals surface area contributed by atoms with E-state index >= 15 is 0 Å². The molecule has 0 spiro atoms. The van der Waals surface area contributed by atoms with Crippen LogP contribution in [0.2, 0.25) is 0 Å². The first-order chi connectivity index (χ1) is 10.3. The second kappa shape index (κ2) is 8.93. The maximum absolute atomic E-state index is 9.43. The Morgan fingerprint density at radius 1 is 1.38 bits per heavy atom. The number of thioether (sulfide) groups is 1. The highest BCUT2D eigenvalue weighted by Gasteiger charge is 2.14. The summed E-state index contributed by atoms with van der Waals surface area (Å²) in [5.41, 5.74) is 3.02. The molecule has 1 aliphatic heterocycles. The van der Waals surface area contributed by atoms with Gasteiger partial charge >= 0.3 is 0 Å². The lowest BCUT2D eigenvalue weighted by atomic mass is 10.1. The number of methoxy groups -OCH3 is 1. The Bertz CT molecular complexity index is 479. The first kappa shape index (κ1) is 16.2. The van der Waals surface area contributed by atoms with E-state index in [1.165, 1.54) is 12.2 Å². The molecule has 114 valence electrons. The van der Waals surface area contributed by atoms with Crippen LogP contribution in [0.5, 0.6) is 0 Å². The van der Waals surface area contributed by atoms with Crippen LogP contribution in [0.3, 0.4) is 0 Å². The highest BCUT2D eigenvalue weighted by molar-refractivity contribution is 7.99. The molecule has 0 amide bonds. The molecule has 1 N–H and O–H groups in total. The zero-order chi connectivity index (χ0) is 14.9. The van der Waals surface area contributed by atoms with Gasteiger partial charge in [0.1, 0.15) is 6.07 Å². The molecule has 0 aliphatic carbocycles. The summed E-state index contributed by atoms with van der Waals surface area (Å²) in [7, 11) is 1.70. The van der Waals surface area contributed by atoms with Crippen LogP contribution in [0.4, 0.5) is 5.69 Å². The van der Waals surface area contributed by atoms with Crippen molar-refractivity contribution in [3.05, 3.63) is 29.3 Å². The Kier molecular flexibility index (Phi) is 6.87. The van der Waals surface area contributed by atoms with Crippen LogP contribution in [0, 0.1) is 11.3 Å². The molecule has 1 heterocycles. The molecule has 0 unspecified atom stereocenters. The third-order valence-corrected chi connectivity index (χ3v) is 4.61. The lowest BCUT2D eigenvalue weighted by molar-refractivity contribution is 0.199. The summed E-state index contributed by atoms with van der Waals surface area (Å²) in [6.07, 6.45) is 1.19. The zero-order valence-corrected chi connectivity index (χ0v) is 13.4. The highest BCUT2D eigenvalue weighted by Crippen LogP contribution is 2.24. The average Bonchev–Trinajstić information content (AvgIpc) is 2.80. The first-order valence-electron chi connectivity index (χ1n) is 7.40. The van der Waals surface area contributed by atoms with Crippen LogP contribution in [0.25, 0.3) is 0 Å². The van der Waals surface area contributed by atoms with Crippen LogP contribution in [0.1, 0.15) is 17.5 Å². The molecule has 1 saturated heterocycles. The van der Waals surface area contributed by atoms with E-state index in [-0.39, 0.29) is 0 Å². The summed E-state index contributed by atoms with van der Waals surface area (Å²) >= 11 is 2.00. The van der Waals surface area contributed by atoms with E-state index in [9.17, 15) is 5.26 Å². The first-order valence-corrected chi connectivity index (χ1v) is 8.56. The van der Waals surface area contributed by atoms with E-state index in [4.69, 9.17) is 4.74 Å². The van der Waals surface area contributed by atoms with Gasteiger partial charge in [-0.2, -0.15) is 17.0 Å². The maximum atomic E-state index is 9.43. The molecule has 0 atom stereocenters. The molecule has 0 radical (unpaired) electrons. The number of nitrogens with zero attached hydrogens (tertiary/aromatic N) is 2. The highest BCUT2D eigenvalue weighted by atomic mass is 32.2. The quantitative estimate of drug-likeness (QED) is 0.817. The van der Waals surface area contributed by atoms with Gasteiger partial charge in [-0.15, -0.1) is 0 Å². The number of ether oxygens (including phenoxy) is 1. The van der Waals surface area contributed by atoms with E-state index in [0.717, 1.165) is 48.7 Å². The SMILES string of the molecule is COCCNCc1ccc(N2CCCSCC2)c(C#N)c1. The van der Waals surface area contributed by atoms with Gasteiger partial charge in [0.25, 0.3) is 0 Å². The normalized spacial score (nSPS) is 15.5. The number of rotatable bonds is 6. The second-order valence-corrected chi connectivity index (χ2v) is 6.31. The monoisotopic (exact) mass is 305 g/mol. The van der Waals surface area contributed by atoms with Crippen molar-refractivity contribution in [3.63, 3.8) is 0 Å². The summed E-state index contributed by atoms with van der Waals surface area (Å²) < 4.78 is 5.01. The fourth-order valence-corrected chi connectivity index (χ4v) is 3.34. The Labute approximate surface area is 131 Å². The fraction of sp³-hybridized carbons (Fsp3) is 0.562. The Morgan fingerprint density at radius 3 is 3.10 bits per heavy atom. The number of nitriles is 1. The minimum absolute atomic E-state index is 0.703. The molecular formula is C16H23N3OS. The summed E-state index contributed by atoms with van der Waals surface area (Å²) in [4.78, 5) is 2.35. The number of anilines is 1. The number of hydrogen-bond acceptors (Lipinski definition) is 5. The Balaban J connectivity index is 2.03. The third-order valence-electron chi connectivity index (χ3n) is 3.56. The molecule has 0 bridgehead atoms. The largest absolute Gasteiger partial charge is 0.383 e. The third kappa shape index (κ3) is 4.92. The van der Waals surface area contributed by atoms with E-state index < -0.39 is 0 Å². The predicted octanol–water partition coefficient (Wildman–Crippen LogP) is 2.24. The number of nitrogens with one attached hydrogen (secondary N) is 1. The maximum Gasteiger partial charge on any atom is 0.101 e. The van der Waals surface area contributed by atoms with Gasteiger partial charge in [0.15, 0.2) is 0 Å². The summed E-state index contributed by atoms with van der Waals surface area (Å²) in [6, 6.07) is 8.58. The van der Waals surface area contributed by atoms with Gasteiger partial charge in [0.2, 0.25) is 0 Å². The summed E-state index contributed by atoms with van der Waals surface area (Å²) in [5, 5.41) is 12.7. The van der Waals surface area contributed by atoms with Gasteiger partial charge in [-0.1, -0.05) is 6.07 Å². The lowest BCUT2D eigenvalue weighted by Crippen LogP contribution is -2.26. The van der Waals surface area contributed by atoms with E-state index in [2.05, 4.69) is 28.4 Å². The van der Waals surface area contributed by atoms with Gasteiger partial charge in [-0.3, -0.25) is 0 Å². The van der Waals surface area contributed by atoms with Crippen molar-refractivity contribution in [2.45, 2.75) is 13.0 Å². The minimum atomic E-state index is 0.703. The Morgan fingerprint density at radius 2 is 2.29 bits per heavy atom. The zero-order valence-electron chi connectivity index (χ0n) is 12.6. The van der Waals surface area contributed by atoms with Gasteiger partial charge < -0.3 is 15.0 Å². The van der Waals surface area contributed by atoms with Crippen molar-refractivity contribution >= 4 is 17.4 Å². The van der Waals surface area contributed by atoms with Crippen molar-refractivity contribution in [3.8, 4) is 6.07 Å². The topological polar surface area (TPSA) is 48.3 Å². The molecule has 1 aliphatic rings. The molecule has 1 fully saturated rings. The van der Waals surface area contributed by atoms with Crippen LogP contribution >= 0.6 is 11.8 Å². The smallest absolute Gasteiger partial charge is 0.101 e.